The van der Waals surface area contributed by atoms with Crippen molar-refractivity contribution in [2.45, 2.75) is 70.9 Å². The lowest BCUT2D eigenvalue weighted by molar-refractivity contribution is -0.211. The number of fused-ring (bicyclic) bond motifs is 1. The molecule has 3 rings (SSSR count). The largest absolute Gasteiger partial charge is 0.453 e. The molecule has 0 unspecified atom stereocenters. The Balaban J connectivity index is 2.19. The summed E-state index contributed by atoms with van der Waals surface area (Å²) in [5, 5.41) is 10.8. The molecular weight excluding hydrogens is 284 g/mol. The number of rotatable bonds is 1. The van der Waals surface area contributed by atoms with Crippen molar-refractivity contribution in [2.75, 3.05) is 0 Å². The van der Waals surface area contributed by atoms with Gasteiger partial charge in [0.25, 0.3) is 0 Å². The first kappa shape index (κ1) is 15.7. The lowest BCUT2D eigenvalue weighted by Gasteiger charge is -2.55. The summed E-state index contributed by atoms with van der Waals surface area (Å²) in [5.74, 6) is -0.578. The Kier molecular flexibility index (Phi) is 3.15. The van der Waals surface area contributed by atoms with Gasteiger partial charge in [0, 0.05) is 6.92 Å². The highest BCUT2D eigenvalue weighted by Crippen LogP contribution is 2.64. The Morgan fingerprint density at radius 3 is 2.64 bits per heavy atom. The molecule has 5 atom stereocenters. The number of ether oxygens (including phenoxy) is 2. The third-order valence-corrected chi connectivity index (χ3v) is 6.11. The molecule has 2 aliphatic carbocycles. The van der Waals surface area contributed by atoms with E-state index in [0.717, 1.165) is 12.0 Å². The maximum Gasteiger partial charge on any atom is 0.303 e. The number of carbonyl (C=O) groups excluding carboxylic acids is 2. The Hall–Kier alpha value is -1.20. The van der Waals surface area contributed by atoms with Crippen LogP contribution in [0.25, 0.3) is 0 Å². The Labute approximate surface area is 130 Å². The monoisotopic (exact) mass is 308 g/mol. The number of hydrogen-bond donors (Lipinski definition) is 1. The molecule has 1 aliphatic heterocycles. The van der Waals surface area contributed by atoms with Crippen molar-refractivity contribution in [1.29, 1.82) is 0 Å². The second-order valence-corrected chi connectivity index (χ2v) is 7.69. The van der Waals surface area contributed by atoms with Gasteiger partial charge in [-0.3, -0.25) is 9.59 Å². The van der Waals surface area contributed by atoms with Crippen molar-refractivity contribution < 1.29 is 24.2 Å². The van der Waals surface area contributed by atoms with E-state index >= 15 is 0 Å². The molecular formula is C17H24O5. The predicted octanol–water partition coefficient (Wildman–Crippen LogP) is 1.77. The molecule has 2 fully saturated rings. The number of ketones is 1. The zero-order chi connectivity index (χ0) is 16.5. The fourth-order valence-corrected chi connectivity index (χ4v) is 4.75. The lowest BCUT2D eigenvalue weighted by Crippen LogP contribution is -2.66. The normalized spacial score (nSPS) is 46.0. The molecule has 22 heavy (non-hydrogen) atoms. The van der Waals surface area contributed by atoms with Crippen LogP contribution in [0.3, 0.4) is 0 Å². The van der Waals surface area contributed by atoms with E-state index in [2.05, 4.69) is 0 Å². The van der Waals surface area contributed by atoms with Gasteiger partial charge in [0.2, 0.25) is 0 Å². The van der Waals surface area contributed by atoms with Crippen molar-refractivity contribution in [3.8, 4) is 0 Å². The van der Waals surface area contributed by atoms with Crippen molar-refractivity contribution in [3.63, 3.8) is 0 Å². The molecule has 0 aromatic rings. The molecule has 2 bridgehead atoms. The Bertz CT molecular complexity index is 578. The number of hydrogen-bond acceptors (Lipinski definition) is 5. The van der Waals surface area contributed by atoms with Crippen molar-refractivity contribution in [3.05, 3.63) is 11.6 Å². The van der Waals surface area contributed by atoms with Crippen LogP contribution in [0, 0.1) is 11.3 Å². The van der Waals surface area contributed by atoms with Crippen LogP contribution in [-0.2, 0) is 19.1 Å². The van der Waals surface area contributed by atoms with Gasteiger partial charge in [-0.1, -0.05) is 0 Å². The minimum Gasteiger partial charge on any atom is -0.453 e. The number of esters is 1. The maximum atomic E-state index is 12.5. The minimum absolute atomic E-state index is 0.213. The molecule has 1 spiro atoms. The zero-order valence-electron chi connectivity index (χ0n) is 13.8. The van der Waals surface area contributed by atoms with Gasteiger partial charge >= 0.3 is 5.97 Å². The molecule has 1 heterocycles. The lowest BCUT2D eigenvalue weighted by atomic mass is 9.53. The van der Waals surface area contributed by atoms with Gasteiger partial charge in [0.05, 0.1) is 17.1 Å². The second-order valence-electron chi connectivity index (χ2n) is 7.69. The molecule has 1 saturated heterocycles. The molecule has 122 valence electrons. The first-order valence-corrected chi connectivity index (χ1v) is 7.82. The highest BCUT2D eigenvalue weighted by Gasteiger charge is 2.72. The quantitative estimate of drug-likeness (QED) is 0.747. The molecule has 3 aliphatic rings. The first-order valence-electron chi connectivity index (χ1n) is 7.82. The maximum absolute atomic E-state index is 12.5. The average molecular weight is 308 g/mol. The molecule has 0 radical (unpaired) electrons. The van der Waals surface area contributed by atoms with Gasteiger partial charge in [-0.2, -0.15) is 0 Å². The molecule has 5 heteroatoms. The number of carbonyl (C=O) groups is 2. The Morgan fingerprint density at radius 1 is 1.41 bits per heavy atom. The van der Waals surface area contributed by atoms with Crippen LogP contribution in [0.15, 0.2) is 11.6 Å². The van der Waals surface area contributed by atoms with E-state index in [1.165, 1.54) is 13.0 Å². The summed E-state index contributed by atoms with van der Waals surface area (Å²) in [6, 6.07) is 0. The third-order valence-electron chi connectivity index (χ3n) is 6.11. The molecule has 0 aromatic heterocycles. The van der Waals surface area contributed by atoms with Crippen molar-refractivity contribution in [2.24, 2.45) is 11.3 Å². The SMILES string of the molecule is CC(=O)O[C@H]1C(=O)C=C(C)[C@@]23C[C@@H](C[C@@H](O)[C@]12C)C(C)(C)O3. The summed E-state index contributed by atoms with van der Waals surface area (Å²) in [5.41, 5.74) is -1.28. The predicted molar refractivity (Wildman–Crippen MR) is 79.1 cm³/mol. The third kappa shape index (κ3) is 1.72. The van der Waals surface area contributed by atoms with E-state index in [0.29, 0.717) is 6.42 Å². The summed E-state index contributed by atoms with van der Waals surface area (Å²) in [7, 11) is 0. The summed E-state index contributed by atoms with van der Waals surface area (Å²) in [4.78, 5) is 23.9. The highest BCUT2D eigenvalue weighted by atomic mass is 16.6. The smallest absolute Gasteiger partial charge is 0.303 e. The van der Waals surface area contributed by atoms with Gasteiger partial charge < -0.3 is 14.6 Å². The molecule has 1 N–H and O–H groups in total. The van der Waals surface area contributed by atoms with E-state index in [1.54, 1.807) is 0 Å². The molecule has 1 saturated carbocycles. The van der Waals surface area contributed by atoms with Gasteiger partial charge in [0.15, 0.2) is 11.9 Å². The first-order chi connectivity index (χ1) is 10.0. The Morgan fingerprint density at radius 2 is 2.05 bits per heavy atom. The summed E-state index contributed by atoms with van der Waals surface area (Å²) >= 11 is 0. The summed E-state index contributed by atoms with van der Waals surface area (Å²) in [6.07, 6.45) is 1.04. The second kappa shape index (κ2) is 4.42. The van der Waals surface area contributed by atoms with Crippen LogP contribution < -0.4 is 0 Å². The minimum atomic E-state index is -1.00. The zero-order valence-corrected chi connectivity index (χ0v) is 13.8. The van der Waals surface area contributed by atoms with Crippen LogP contribution in [-0.4, -0.2) is 40.3 Å². The van der Waals surface area contributed by atoms with Crippen LogP contribution in [0.2, 0.25) is 0 Å². The standard InChI is InChI=1S/C17H24O5/c1-9-6-12(19)14(21-10(2)18)16(5)13(20)7-11-8-17(9,16)22-15(11,3)4/h6,11,13-14,20H,7-8H2,1-5H3/t11-,13-,14+,16-,17+/m1/s1. The van der Waals surface area contributed by atoms with E-state index in [4.69, 9.17) is 9.47 Å². The van der Waals surface area contributed by atoms with E-state index in [9.17, 15) is 14.7 Å². The van der Waals surface area contributed by atoms with E-state index in [-0.39, 0.29) is 17.3 Å². The van der Waals surface area contributed by atoms with E-state index in [1.807, 2.05) is 27.7 Å². The van der Waals surface area contributed by atoms with Gasteiger partial charge in [0.1, 0.15) is 5.60 Å². The van der Waals surface area contributed by atoms with Crippen LogP contribution >= 0.6 is 0 Å². The van der Waals surface area contributed by atoms with Gasteiger partial charge in [-0.15, -0.1) is 0 Å². The summed E-state index contributed by atoms with van der Waals surface area (Å²) < 4.78 is 11.8. The van der Waals surface area contributed by atoms with Crippen LogP contribution in [0.5, 0.6) is 0 Å². The van der Waals surface area contributed by atoms with Crippen molar-refractivity contribution >= 4 is 11.8 Å². The number of aliphatic hydroxyl groups excluding tert-OH is 1. The fourth-order valence-electron chi connectivity index (χ4n) is 4.75. The number of aliphatic hydroxyl groups is 1. The fraction of sp³-hybridized carbons (Fsp3) is 0.765. The van der Waals surface area contributed by atoms with Gasteiger partial charge in [-0.25, -0.2) is 0 Å². The van der Waals surface area contributed by atoms with Gasteiger partial charge in [-0.05, 0) is 58.1 Å². The van der Waals surface area contributed by atoms with Crippen LogP contribution in [0.4, 0.5) is 0 Å². The topological polar surface area (TPSA) is 72.8 Å². The highest BCUT2D eigenvalue weighted by molar-refractivity contribution is 5.98. The summed E-state index contributed by atoms with van der Waals surface area (Å²) in [6.45, 7) is 9.02. The average Bonchev–Trinajstić information content (AvgIpc) is 2.62. The van der Waals surface area contributed by atoms with Crippen LogP contribution in [0.1, 0.15) is 47.5 Å². The molecule has 0 amide bonds. The molecule has 5 nitrogen and oxygen atoms in total. The molecule has 0 aromatic carbocycles. The van der Waals surface area contributed by atoms with E-state index < -0.39 is 29.2 Å². The van der Waals surface area contributed by atoms with Crippen molar-refractivity contribution in [1.82, 2.24) is 0 Å².